The zero-order valence-corrected chi connectivity index (χ0v) is 20.1. The van der Waals surface area contributed by atoms with Gasteiger partial charge in [0.1, 0.15) is 0 Å². The van der Waals surface area contributed by atoms with E-state index in [2.05, 4.69) is 28.9 Å². The van der Waals surface area contributed by atoms with Crippen LogP contribution in [0.3, 0.4) is 0 Å². The first kappa shape index (κ1) is 22.6. The fraction of sp³-hybridized carbons (Fsp3) is 0.296. The molecule has 1 amide bonds. The summed E-state index contributed by atoms with van der Waals surface area (Å²) in [6.45, 7) is 4.10. The molecule has 5 rings (SSSR count). The number of sulfonamides is 1. The van der Waals surface area contributed by atoms with Gasteiger partial charge in [-0.2, -0.15) is 4.31 Å². The van der Waals surface area contributed by atoms with E-state index in [0.717, 1.165) is 48.5 Å². The Labute approximate surface area is 200 Å². The van der Waals surface area contributed by atoms with Crippen molar-refractivity contribution in [2.24, 2.45) is 0 Å². The number of aryl methyl sites for hydroxylation is 1. The van der Waals surface area contributed by atoms with Crippen LogP contribution in [0.25, 0.3) is 21.8 Å². The number of nitrogens with one attached hydrogen (secondary N) is 1. The van der Waals surface area contributed by atoms with Crippen LogP contribution in [0.4, 0.5) is 5.69 Å². The summed E-state index contributed by atoms with van der Waals surface area (Å²) in [4.78, 5) is 13.1. The van der Waals surface area contributed by atoms with E-state index in [0.29, 0.717) is 24.3 Å². The van der Waals surface area contributed by atoms with E-state index in [1.165, 1.54) is 17.6 Å². The molecule has 1 aliphatic rings. The van der Waals surface area contributed by atoms with Crippen LogP contribution in [0.15, 0.2) is 71.6 Å². The lowest BCUT2D eigenvalue weighted by Gasteiger charge is -2.20. The van der Waals surface area contributed by atoms with Crippen LogP contribution in [0.2, 0.25) is 0 Å². The third-order valence-corrected chi connectivity index (χ3v) is 8.58. The van der Waals surface area contributed by atoms with E-state index in [1.54, 1.807) is 16.4 Å². The third-order valence-electron chi connectivity index (χ3n) is 6.67. The van der Waals surface area contributed by atoms with Gasteiger partial charge < -0.3 is 9.88 Å². The highest BCUT2D eigenvalue weighted by Crippen LogP contribution is 2.31. The first-order chi connectivity index (χ1) is 16.5. The Balaban J connectivity index is 1.38. The van der Waals surface area contributed by atoms with Gasteiger partial charge in [-0.3, -0.25) is 4.79 Å². The molecular formula is C27H29N3O3S. The van der Waals surface area contributed by atoms with E-state index < -0.39 is 10.0 Å². The molecule has 7 heteroatoms. The molecule has 1 N–H and O–H groups in total. The van der Waals surface area contributed by atoms with Gasteiger partial charge in [0, 0.05) is 52.7 Å². The number of hydrogen-bond donors (Lipinski definition) is 1. The van der Waals surface area contributed by atoms with Crippen LogP contribution in [0, 0.1) is 0 Å². The Kier molecular flexibility index (Phi) is 6.15. The number of benzene rings is 3. The van der Waals surface area contributed by atoms with Crippen molar-refractivity contribution in [1.29, 1.82) is 0 Å². The molecule has 4 aromatic rings. The number of rotatable bonds is 5. The minimum atomic E-state index is -3.53. The quantitative estimate of drug-likeness (QED) is 0.407. The maximum Gasteiger partial charge on any atom is 0.255 e. The maximum atomic E-state index is 13.0. The molecule has 6 nitrogen and oxygen atoms in total. The molecular weight excluding hydrogens is 446 g/mol. The van der Waals surface area contributed by atoms with Crippen LogP contribution >= 0.6 is 0 Å². The third kappa shape index (κ3) is 4.10. The zero-order valence-electron chi connectivity index (χ0n) is 19.3. The van der Waals surface area contributed by atoms with Crippen molar-refractivity contribution in [2.75, 3.05) is 18.4 Å². The number of fused-ring (bicyclic) bond motifs is 3. The molecule has 1 saturated heterocycles. The molecule has 0 spiro atoms. The fourth-order valence-electron chi connectivity index (χ4n) is 4.88. The second-order valence-corrected chi connectivity index (χ2v) is 10.7. The molecule has 1 aromatic heterocycles. The molecule has 2 heterocycles. The Morgan fingerprint density at radius 3 is 2.24 bits per heavy atom. The number of carbonyl (C=O) groups is 1. The summed E-state index contributed by atoms with van der Waals surface area (Å²) in [5, 5.41) is 5.21. The molecule has 34 heavy (non-hydrogen) atoms. The van der Waals surface area contributed by atoms with Gasteiger partial charge in [0.2, 0.25) is 10.0 Å². The highest BCUT2D eigenvalue weighted by atomic mass is 32.2. The van der Waals surface area contributed by atoms with Crippen LogP contribution in [-0.2, 0) is 16.6 Å². The van der Waals surface area contributed by atoms with Gasteiger partial charge in [0.05, 0.1) is 4.90 Å². The summed E-state index contributed by atoms with van der Waals surface area (Å²) in [6, 6.07) is 20.4. The van der Waals surface area contributed by atoms with Gasteiger partial charge in [-0.15, -0.1) is 0 Å². The molecule has 0 saturated carbocycles. The summed E-state index contributed by atoms with van der Waals surface area (Å²) in [7, 11) is -3.53. The van der Waals surface area contributed by atoms with Crippen LogP contribution < -0.4 is 5.32 Å². The number of anilines is 1. The van der Waals surface area contributed by atoms with Crippen molar-refractivity contribution in [3.63, 3.8) is 0 Å². The van der Waals surface area contributed by atoms with Crippen molar-refractivity contribution in [2.45, 2.75) is 44.0 Å². The summed E-state index contributed by atoms with van der Waals surface area (Å²) >= 11 is 0. The topological polar surface area (TPSA) is 71.4 Å². The highest BCUT2D eigenvalue weighted by Gasteiger charge is 2.25. The van der Waals surface area contributed by atoms with E-state index in [4.69, 9.17) is 0 Å². The van der Waals surface area contributed by atoms with Gasteiger partial charge in [0.15, 0.2) is 0 Å². The van der Waals surface area contributed by atoms with Crippen LogP contribution in [0.1, 0.15) is 43.0 Å². The second-order valence-electron chi connectivity index (χ2n) is 8.79. The van der Waals surface area contributed by atoms with E-state index in [-0.39, 0.29) is 10.8 Å². The average molecular weight is 476 g/mol. The number of amides is 1. The molecule has 0 aliphatic carbocycles. The summed E-state index contributed by atoms with van der Waals surface area (Å²) in [5.74, 6) is -0.266. The molecule has 0 unspecified atom stereocenters. The molecule has 1 fully saturated rings. The number of para-hydroxylation sites is 1. The number of nitrogens with zero attached hydrogens (tertiary/aromatic N) is 2. The monoisotopic (exact) mass is 475 g/mol. The Bertz CT molecular complexity index is 1450. The minimum absolute atomic E-state index is 0.236. The lowest BCUT2D eigenvalue weighted by Crippen LogP contribution is -2.31. The maximum absolute atomic E-state index is 13.0. The first-order valence-electron chi connectivity index (χ1n) is 11.9. The predicted molar refractivity (Wildman–Crippen MR) is 137 cm³/mol. The molecule has 0 atom stereocenters. The van der Waals surface area contributed by atoms with Crippen LogP contribution in [-0.4, -0.2) is 36.3 Å². The Morgan fingerprint density at radius 1 is 0.853 bits per heavy atom. The smallest absolute Gasteiger partial charge is 0.255 e. The highest BCUT2D eigenvalue weighted by molar-refractivity contribution is 7.89. The normalized spacial score (nSPS) is 15.4. The summed E-state index contributed by atoms with van der Waals surface area (Å²) in [5.41, 5.74) is 3.43. The SMILES string of the molecule is CCn1c2ccccc2c2cc(NC(=O)c3ccc(S(=O)(=O)N4CCCCCC4)cc3)ccc21. The zero-order chi connectivity index (χ0) is 23.7. The standard InChI is InChI=1S/C27H29N3O3S/c1-2-30-25-10-6-5-9-23(25)24-19-21(13-16-26(24)30)28-27(31)20-11-14-22(15-12-20)34(32,33)29-17-7-3-4-8-18-29/h5-6,9-16,19H,2-4,7-8,17-18H2,1H3,(H,28,31). The van der Waals surface area contributed by atoms with E-state index in [9.17, 15) is 13.2 Å². The number of aromatic nitrogens is 1. The van der Waals surface area contributed by atoms with E-state index in [1.807, 2.05) is 30.3 Å². The summed E-state index contributed by atoms with van der Waals surface area (Å²) in [6.07, 6.45) is 3.91. The molecule has 176 valence electrons. The number of carbonyl (C=O) groups excluding carboxylic acids is 1. The van der Waals surface area contributed by atoms with Crippen molar-refractivity contribution >= 4 is 43.4 Å². The van der Waals surface area contributed by atoms with Gasteiger partial charge in [0.25, 0.3) is 5.91 Å². The molecule has 3 aromatic carbocycles. The molecule has 0 radical (unpaired) electrons. The number of hydrogen-bond acceptors (Lipinski definition) is 3. The Morgan fingerprint density at radius 2 is 1.53 bits per heavy atom. The van der Waals surface area contributed by atoms with Crippen LogP contribution in [0.5, 0.6) is 0 Å². The van der Waals surface area contributed by atoms with Gasteiger partial charge in [-0.25, -0.2) is 8.42 Å². The fourth-order valence-corrected chi connectivity index (χ4v) is 6.40. The average Bonchev–Trinajstić information content (AvgIpc) is 2.99. The van der Waals surface area contributed by atoms with E-state index >= 15 is 0 Å². The lowest BCUT2D eigenvalue weighted by molar-refractivity contribution is 0.102. The Hall–Kier alpha value is -3.16. The first-order valence-corrected chi connectivity index (χ1v) is 13.4. The van der Waals surface area contributed by atoms with Crippen molar-refractivity contribution in [1.82, 2.24) is 8.87 Å². The van der Waals surface area contributed by atoms with Crippen molar-refractivity contribution < 1.29 is 13.2 Å². The van der Waals surface area contributed by atoms with Gasteiger partial charge in [-0.05, 0) is 68.3 Å². The summed E-state index contributed by atoms with van der Waals surface area (Å²) < 4.78 is 29.8. The molecule has 0 bridgehead atoms. The van der Waals surface area contributed by atoms with Crippen molar-refractivity contribution in [3.05, 3.63) is 72.3 Å². The van der Waals surface area contributed by atoms with Gasteiger partial charge >= 0.3 is 0 Å². The largest absolute Gasteiger partial charge is 0.341 e. The lowest BCUT2D eigenvalue weighted by atomic mass is 10.1. The molecule has 1 aliphatic heterocycles. The minimum Gasteiger partial charge on any atom is -0.341 e. The second kappa shape index (κ2) is 9.24. The van der Waals surface area contributed by atoms with Crippen molar-refractivity contribution in [3.8, 4) is 0 Å². The van der Waals surface area contributed by atoms with Gasteiger partial charge in [-0.1, -0.05) is 31.0 Å². The predicted octanol–water partition coefficient (Wildman–Crippen LogP) is 5.63.